The van der Waals surface area contributed by atoms with Crippen molar-refractivity contribution in [2.45, 2.75) is 38.5 Å². The van der Waals surface area contributed by atoms with E-state index >= 15 is 0 Å². The molecule has 7 nitrogen and oxygen atoms in total. The van der Waals surface area contributed by atoms with Gasteiger partial charge in [0, 0.05) is 39.3 Å². The Balaban J connectivity index is 1.73. The Bertz CT molecular complexity index is 350. The molecule has 1 N–H and O–H groups in total. The first-order valence-corrected chi connectivity index (χ1v) is 9.28. The highest BCUT2D eigenvalue weighted by molar-refractivity contribution is 7.49. The monoisotopic (exact) mass is 304 g/mol. The van der Waals surface area contributed by atoms with Gasteiger partial charge in [-0.15, -0.1) is 0 Å². The molecule has 0 amide bonds. The molecule has 3 aliphatic rings. The molecular weight excluding hydrogens is 279 g/mol. The zero-order valence-electron chi connectivity index (χ0n) is 12.0. The summed E-state index contributed by atoms with van der Waals surface area (Å²) in [5.41, 5.74) is 0. The van der Waals surface area contributed by atoms with Crippen molar-refractivity contribution in [3.63, 3.8) is 0 Å². The number of rotatable bonds is 5. The van der Waals surface area contributed by atoms with Crippen LogP contribution in [0.3, 0.4) is 0 Å². The first-order valence-electron chi connectivity index (χ1n) is 7.75. The molecule has 0 aliphatic carbocycles. The van der Waals surface area contributed by atoms with Crippen molar-refractivity contribution in [3.8, 4) is 0 Å². The summed E-state index contributed by atoms with van der Waals surface area (Å²) in [6.45, 7) is 4.85. The van der Waals surface area contributed by atoms with Crippen molar-refractivity contribution in [1.29, 1.82) is 0 Å². The Kier molecular flexibility index (Phi) is 4.77. The first kappa shape index (κ1) is 14.9. The average molecular weight is 304 g/mol. The number of hydroxylamine groups is 2. The van der Waals surface area contributed by atoms with Gasteiger partial charge in [-0.05, 0) is 38.5 Å². The minimum absolute atomic E-state index is 0.748. The van der Waals surface area contributed by atoms with E-state index in [0.29, 0.717) is 0 Å². The predicted molar refractivity (Wildman–Crippen MR) is 75.2 cm³/mol. The lowest BCUT2D eigenvalue weighted by Gasteiger charge is -2.39. The van der Waals surface area contributed by atoms with Crippen molar-refractivity contribution < 1.29 is 14.1 Å². The van der Waals surface area contributed by atoms with Crippen LogP contribution in [-0.4, -0.2) is 64.1 Å². The molecule has 3 fully saturated rings. The van der Waals surface area contributed by atoms with Crippen LogP contribution in [0.15, 0.2) is 0 Å². The zero-order chi connectivity index (χ0) is 14.0. The zero-order valence-corrected chi connectivity index (χ0v) is 12.9. The lowest BCUT2D eigenvalue weighted by atomic mass is 10.4. The molecule has 3 aliphatic heterocycles. The van der Waals surface area contributed by atoms with Gasteiger partial charge in [-0.1, -0.05) is 4.89 Å². The standard InChI is InChI=1S/C12H25N4O3P/c17-20(18,19-15-11-5-6-12-15)16(13-7-1-2-8-13)14-9-3-4-10-14/h1-12H2,(H,17,18). The fraction of sp³-hybridized carbons (Fsp3) is 1.00. The summed E-state index contributed by atoms with van der Waals surface area (Å²) >= 11 is 0. The molecule has 0 spiro atoms. The van der Waals surface area contributed by atoms with Crippen molar-refractivity contribution >= 4 is 7.75 Å². The third-order valence-electron chi connectivity index (χ3n) is 4.18. The molecule has 1 unspecified atom stereocenters. The van der Waals surface area contributed by atoms with Crippen LogP contribution in [0.4, 0.5) is 0 Å². The van der Waals surface area contributed by atoms with Gasteiger partial charge >= 0.3 is 7.75 Å². The third kappa shape index (κ3) is 3.25. The molecular formula is C12H25N4O3P. The van der Waals surface area contributed by atoms with Crippen molar-refractivity contribution in [2.75, 3.05) is 39.3 Å². The predicted octanol–water partition coefficient (Wildman–Crippen LogP) is 1.44. The molecule has 20 heavy (non-hydrogen) atoms. The van der Waals surface area contributed by atoms with E-state index in [1.165, 1.54) is 0 Å². The maximum Gasteiger partial charge on any atom is 0.450 e. The van der Waals surface area contributed by atoms with Crippen LogP contribution >= 0.6 is 7.75 Å². The van der Waals surface area contributed by atoms with Gasteiger partial charge in [-0.2, -0.15) is 5.06 Å². The van der Waals surface area contributed by atoms with Crippen LogP contribution in [0.1, 0.15) is 38.5 Å². The number of hydrazine groups is 2. The van der Waals surface area contributed by atoms with E-state index in [-0.39, 0.29) is 0 Å². The largest absolute Gasteiger partial charge is 0.450 e. The summed E-state index contributed by atoms with van der Waals surface area (Å²) in [5, 5.41) is 5.63. The van der Waals surface area contributed by atoms with Gasteiger partial charge in [-0.3, -0.25) is 0 Å². The Morgan fingerprint density at radius 2 is 1.20 bits per heavy atom. The highest BCUT2D eigenvalue weighted by atomic mass is 31.2. The Hall–Kier alpha value is -0.0100. The second-order valence-electron chi connectivity index (χ2n) is 5.80. The maximum atomic E-state index is 12.8. The molecule has 0 aromatic carbocycles. The van der Waals surface area contributed by atoms with Crippen LogP contribution in [-0.2, 0) is 9.19 Å². The van der Waals surface area contributed by atoms with Gasteiger partial charge in [0.1, 0.15) is 0 Å². The molecule has 3 rings (SSSR count). The Labute approximate surface area is 120 Å². The molecule has 3 saturated heterocycles. The van der Waals surface area contributed by atoms with Gasteiger partial charge in [0.2, 0.25) is 0 Å². The van der Waals surface area contributed by atoms with E-state index in [4.69, 9.17) is 4.62 Å². The van der Waals surface area contributed by atoms with Crippen LogP contribution in [0.5, 0.6) is 0 Å². The van der Waals surface area contributed by atoms with E-state index in [0.717, 1.165) is 77.8 Å². The first-order chi connectivity index (χ1) is 9.67. The van der Waals surface area contributed by atoms with E-state index in [1.54, 1.807) is 9.95 Å². The molecule has 1 atom stereocenters. The Morgan fingerprint density at radius 3 is 1.65 bits per heavy atom. The van der Waals surface area contributed by atoms with Crippen molar-refractivity contribution in [2.24, 2.45) is 0 Å². The minimum Gasteiger partial charge on any atom is -0.310 e. The summed E-state index contributed by atoms with van der Waals surface area (Å²) in [7, 11) is -3.84. The molecule has 0 bridgehead atoms. The average Bonchev–Trinajstić information content (AvgIpc) is 3.09. The van der Waals surface area contributed by atoms with Crippen molar-refractivity contribution in [1.82, 2.24) is 20.0 Å². The second kappa shape index (κ2) is 6.40. The van der Waals surface area contributed by atoms with Crippen LogP contribution in [0, 0.1) is 0 Å². The van der Waals surface area contributed by atoms with Crippen LogP contribution < -0.4 is 0 Å². The second-order valence-corrected chi connectivity index (χ2v) is 7.30. The summed E-state index contributed by atoms with van der Waals surface area (Å²) in [6, 6.07) is 0. The van der Waals surface area contributed by atoms with E-state index in [2.05, 4.69) is 0 Å². The number of hydrogen-bond donors (Lipinski definition) is 1. The smallest absolute Gasteiger partial charge is 0.310 e. The van der Waals surface area contributed by atoms with Gasteiger partial charge in [0.25, 0.3) is 0 Å². The fourth-order valence-corrected chi connectivity index (χ4v) is 4.74. The Morgan fingerprint density at radius 1 is 0.800 bits per heavy atom. The van der Waals surface area contributed by atoms with Gasteiger partial charge in [-0.25, -0.2) is 19.2 Å². The highest BCUT2D eigenvalue weighted by Gasteiger charge is 2.43. The van der Waals surface area contributed by atoms with E-state index in [1.807, 2.05) is 10.0 Å². The molecule has 116 valence electrons. The molecule has 0 aromatic rings. The highest BCUT2D eigenvalue weighted by Crippen LogP contribution is 2.51. The number of hydrogen-bond acceptors (Lipinski definition) is 5. The summed E-state index contributed by atoms with van der Waals surface area (Å²) < 4.78 is 18.3. The van der Waals surface area contributed by atoms with Gasteiger partial charge in [0.15, 0.2) is 0 Å². The third-order valence-corrected chi connectivity index (χ3v) is 5.59. The summed E-state index contributed by atoms with van der Waals surface area (Å²) in [4.78, 5) is 12.0. The maximum absolute atomic E-state index is 12.8. The van der Waals surface area contributed by atoms with Crippen LogP contribution in [0.25, 0.3) is 0 Å². The van der Waals surface area contributed by atoms with E-state index in [9.17, 15) is 9.46 Å². The summed E-state index contributed by atoms with van der Waals surface area (Å²) in [5.74, 6) is 0. The normalized spacial score (nSPS) is 29.5. The van der Waals surface area contributed by atoms with Gasteiger partial charge < -0.3 is 4.89 Å². The lowest BCUT2D eigenvalue weighted by Crippen LogP contribution is -2.49. The van der Waals surface area contributed by atoms with Gasteiger partial charge in [0.05, 0.1) is 0 Å². The molecule has 0 saturated carbocycles. The molecule has 0 aromatic heterocycles. The fourth-order valence-electron chi connectivity index (χ4n) is 3.21. The summed E-state index contributed by atoms with van der Waals surface area (Å²) in [6.07, 6.45) is 6.38. The lowest BCUT2D eigenvalue weighted by molar-refractivity contribution is -0.140. The quantitative estimate of drug-likeness (QED) is 0.771. The topological polar surface area (TPSA) is 59.5 Å². The van der Waals surface area contributed by atoms with Crippen LogP contribution in [0.2, 0.25) is 0 Å². The number of nitrogens with zero attached hydrogens (tertiary/aromatic N) is 4. The molecule has 0 radical (unpaired) electrons. The molecule has 3 heterocycles. The SMILES string of the molecule is O=P(O)(ON1CCCC1)N(N1CCCC1)N1CCCC1. The molecule has 8 heteroatoms. The van der Waals surface area contributed by atoms with E-state index < -0.39 is 7.75 Å². The van der Waals surface area contributed by atoms with Crippen molar-refractivity contribution in [3.05, 3.63) is 0 Å². The minimum atomic E-state index is -3.84.